The molecule has 0 bridgehead atoms. The molecule has 2 aromatic carbocycles. The lowest BCUT2D eigenvalue weighted by molar-refractivity contribution is 0.0998. The molecule has 5 rings (SSSR count). The Kier molecular flexibility index (Phi) is 3.71. The van der Waals surface area contributed by atoms with E-state index in [4.69, 9.17) is 4.42 Å². The maximum Gasteiger partial charge on any atom is 0.291 e. The number of carbonyl (C=O) groups excluding carboxylic acids is 1. The van der Waals surface area contributed by atoms with Crippen LogP contribution in [0.15, 0.2) is 46.9 Å². The fourth-order valence-electron chi connectivity index (χ4n) is 3.28. The molecule has 1 N–H and O–H groups in total. The summed E-state index contributed by atoms with van der Waals surface area (Å²) < 4.78 is 20.9. The molecule has 1 fully saturated rings. The van der Waals surface area contributed by atoms with Crippen molar-refractivity contribution in [1.29, 1.82) is 0 Å². The van der Waals surface area contributed by atoms with E-state index in [0.29, 0.717) is 34.1 Å². The van der Waals surface area contributed by atoms with Crippen LogP contribution in [0.25, 0.3) is 22.4 Å². The maximum atomic E-state index is 13.5. The predicted molar refractivity (Wildman–Crippen MR) is 100 cm³/mol. The van der Waals surface area contributed by atoms with Crippen LogP contribution in [-0.4, -0.2) is 26.1 Å². The summed E-state index contributed by atoms with van der Waals surface area (Å²) in [5.41, 5.74) is 2.49. The second-order valence-corrected chi connectivity index (χ2v) is 6.91. The molecule has 140 valence electrons. The molecular weight excluding hydrogens is 361 g/mol. The van der Waals surface area contributed by atoms with Gasteiger partial charge in [-0.2, -0.15) is 0 Å². The second-order valence-electron chi connectivity index (χ2n) is 6.91. The number of amides is 1. The van der Waals surface area contributed by atoms with E-state index in [1.807, 2.05) is 22.9 Å². The Hall–Kier alpha value is -3.55. The smallest absolute Gasteiger partial charge is 0.291 e. The van der Waals surface area contributed by atoms with Gasteiger partial charge in [0, 0.05) is 22.2 Å². The summed E-state index contributed by atoms with van der Waals surface area (Å²) in [4.78, 5) is 12.7. The molecule has 0 spiro atoms. The molecule has 0 aliphatic heterocycles. The number of benzene rings is 2. The number of halogens is 1. The fraction of sp³-hybridized carbons (Fsp3) is 0.200. The summed E-state index contributed by atoms with van der Waals surface area (Å²) in [7, 11) is 0. The number of rotatable bonds is 4. The fourth-order valence-corrected chi connectivity index (χ4v) is 3.28. The number of aromatic nitrogens is 4. The average Bonchev–Trinajstić information content (AvgIpc) is 3.32. The van der Waals surface area contributed by atoms with Crippen LogP contribution in [0.5, 0.6) is 0 Å². The van der Waals surface area contributed by atoms with E-state index in [0.717, 1.165) is 18.4 Å². The van der Waals surface area contributed by atoms with Crippen LogP contribution in [-0.2, 0) is 0 Å². The Morgan fingerprint density at radius 1 is 1.25 bits per heavy atom. The van der Waals surface area contributed by atoms with E-state index in [1.54, 1.807) is 13.0 Å². The van der Waals surface area contributed by atoms with Gasteiger partial charge in [-0.3, -0.25) is 4.79 Å². The lowest BCUT2D eigenvalue weighted by Crippen LogP contribution is -2.12. The number of hydrogen-bond donors (Lipinski definition) is 1. The number of fused-ring (bicyclic) bond motifs is 1. The van der Waals surface area contributed by atoms with Gasteiger partial charge in [0.05, 0.1) is 6.04 Å². The van der Waals surface area contributed by atoms with Gasteiger partial charge >= 0.3 is 0 Å². The Bertz CT molecular complexity index is 1210. The SMILES string of the molecule is Cc1c(C(=O)Nc2cccc(-c3nnnn3C3CC3)c2)oc2ccc(F)cc12. The van der Waals surface area contributed by atoms with Crippen LogP contribution in [0.4, 0.5) is 10.1 Å². The molecule has 28 heavy (non-hydrogen) atoms. The minimum atomic E-state index is -0.395. The Morgan fingerprint density at radius 2 is 2.11 bits per heavy atom. The second kappa shape index (κ2) is 6.26. The molecule has 0 atom stereocenters. The van der Waals surface area contributed by atoms with E-state index in [1.165, 1.54) is 18.2 Å². The summed E-state index contributed by atoms with van der Waals surface area (Å²) >= 11 is 0. The van der Waals surface area contributed by atoms with Crippen molar-refractivity contribution in [3.63, 3.8) is 0 Å². The first-order valence-corrected chi connectivity index (χ1v) is 8.98. The quantitative estimate of drug-likeness (QED) is 0.578. The van der Waals surface area contributed by atoms with Gasteiger partial charge in [-0.15, -0.1) is 5.10 Å². The van der Waals surface area contributed by atoms with Crippen LogP contribution < -0.4 is 5.32 Å². The minimum absolute atomic E-state index is 0.161. The average molecular weight is 377 g/mol. The molecular formula is C20H16FN5O2. The van der Waals surface area contributed by atoms with Gasteiger partial charge in [0.25, 0.3) is 5.91 Å². The van der Waals surface area contributed by atoms with Crippen molar-refractivity contribution in [3.05, 3.63) is 59.6 Å². The van der Waals surface area contributed by atoms with Crippen molar-refractivity contribution < 1.29 is 13.6 Å². The van der Waals surface area contributed by atoms with Crippen LogP contribution in [0.2, 0.25) is 0 Å². The van der Waals surface area contributed by atoms with Crippen molar-refractivity contribution >= 4 is 22.6 Å². The van der Waals surface area contributed by atoms with Gasteiger partial charge in [-0.1, -0.05) is 12.1 Å². The summed E-state index contributed by atoms with van der Waals surface area (Å²) in [5.74, 6) is 0.0697. The molecule has 8 heteroatoms. The van der Waals surface area contributed by atoms with Crippen molar-refractivity contribution in [3.8, 4) is 11.4 Å². The summed E-state index contributed by atoms with van der Waals surface area (Å²) in [6.07, 6.45) is 2.14. The molecule has 1 aliphatic carbocycles. The van der Waals surface area contributed by atoms with Crippen molar-refractivity contribution in [2.45, 2.75) is 25.8 Å². The van der Waals surface area contributed by atoms with Crippen LogP contribution in [0, 0.1) is 12.7 Å². The molecule has 0 radical (unpaired) electrons. The highest BCUT2D eigenvalue weighted by Crippen LogP contribution is 2.37. The first-order valence-electron chi connectivity index (χ1n) is 8.98. The zero-order chi connectivity index (χ0) is 19.3. The van der Waals surface area contributed by atoms with Gasteiger partial charge in [0.1, 0.15) is 11.4 Å². The van der Waals surface area contributed by atoms with E-state index >= 15 is 0 Å². The van der Waals surface area contributed by atoms with Crippen molar-refractivity contribution in [1.82, 2.24) is 20.2 Å². The van der Waals surface area contributed by atoms with Gasteiger partial charge in [-0.25, -0.2) is 9.07 Å². The van der Waals surface area contributed by atoms with Crippen molar-refractivity contribution in [2.24, 2.45) is 0 Å². The molecule has 7 nitrogen and oxygen atoms in total. The first kappa shape index (κ1) is 16.6. The zero-order valence-electron chi connectivity index (χ0n) is 15.0. The normalized spacial score (nSPS) is 13.8. The number of nitrogens with one attached hydrogen (secondary N) is 1. The first-order chi connectivity index (χ1) is 13.6. The third kappa shape index (κ3) is 2.83. The molecule has 1 saturated carbocycles. The summed E-state index contributed by atoms with van der Waals surface area (Å²) in [5, 5.41) is 15.4. The highest BCUT2D eigenvalue weighted by atomic mass is 19.1. The number of furan rings is 1. The van der Waals surface area contributed by atoms with E-state index in [2.05, 4.69) is 20.8 Å². The Balaban J connectivity index is 1.44. The van der Waals surface area contributed by atoms with Crippen LogP contribution >= 0.6 is 0 Å². The molecule has 4 aromatic rings. The molecule has 2 heterocycles. The highest BCUT2D eigenvalue weighted by molar-refractivity contribution is 6.06. The third-order valence-corrected chi connectivity index (χ3v) is 4.87. The lowest BCUT2D eigenvalue weighted by atomic mass is 10.1. The van der Waals surface area contributed by atoms with Gasteiger partial charge in [-0.05, 0) is 60.5 Å². The highest BCUT2D eigenvalue weighted by Gasteiger charge is 2.28. The molecule has 1 amide bonds. The van der Waals surface area contributed by atoms with Crippen LogP contribution in [0.3, 0.4) is 0 Å². The largest absolute Gasteiger partial charge is 0.451 e. The van der Waals surface area contributed by atoms with Gasteiger partial charge < -0.3 is 9.73 Å². The monoisotopic (exact) mass is 377 g/mol. The molecule has 0 saturated heterocycles. The molecule has 2 aromatic heterocycles. The summed E-state index contributed by atoms with van der Waals surface area (Å²) in [6, 6.07) is 11.9. The third-order valence-electron chi connectivity index (χ3n) is 4.87. The number of anilines is 1. The number of carbonyl (C=O) groups is 1. The van der Waals surface area contributed by atoms with Gasteiger partial charge in [0.2, 0.25) is 0 Å². The number of aryl methyl sites for hydroxylation is 1. The Labute approximate surface area is 159 Å². The molecule has 1 aliphatic rings. The van der Waals surface area contributed by atoms with Gasteiger partial charge in [0.15, 0.2) is 11.6 Å². The minimum Gasteiger partial charge on any atom is -0.451 e. The van der Waals surface area contributed by atoms with Crippen LogP contribution in [0.1, 0.15) is 35.0 Å². The maximum absolute atomic E-state index is 13.5. The van der Waals surface area contributed by atoms with E-state index < -0.39 is 5.91 Å². The lowest BCUT2D eigenvalue weighted by Gasteiger charge is -2.07. The van der Waals surface area contributed by atoms with Crippen molar-refractivity contribution in [2.75, 3.05) is 5.32 Å². The predicted octanol–water partition coefficient (Wildman–Crippen LogP) is 4.12. The number of tetrazole rings is 1. The molecule has 0 unspecified atom stereocenters. The standard InChI is InChI=1S/C20H16FN5O2/c1-11-16-10-13(21)5-8-17(16)28-18(11)20(27)22-14-4-2-3-12(9-14)19-23-24-25-26(19)15-6-7-15/h2-5,8-10,15H,6-7H2,1H3,(H,22,27). The van der Waals surface area contributed by atoms with E-state index in [9.17, 15) is 9.18 Å². The number of nitrogens with zero attached hydrogens (tertiary/aromatic N) is 4. The van der Waals surface area contributed by atoms with E-state index in [-0.39, 0.29) is 11.6 Å². The summed E-state index contributed by atoms with van der Waals surface area (Å²) in [6.45, 7) is 1.74. The zero-order valence-corrected chi connectivity index (χ0v) is 15.0. The Morgan fingerprint density at radius 3 is 2.93 bits per heavy atom. The number of hydrogen-bond acceptors (Lipinski definition) is 5. The topological polar surface area (TPSA) is 85.8 Å².